The van der Waals surface area contributed by atoms with Gasteiger partial charge in [-0.15, -0.1) is 0 Å². The van der Waals surface area contributed by atoms with Gasteiger partial charge in [-0.2, -0.15) is 0 Å². The van der Waals surface area contributed by atoms with E-state index in [1.165, 1.54) is 0 Å². The van der Waals surface area contributed by atoms with Crippen molar-refractivity contribution < 1.29 is 9.63 Å². The van der Waals surface area contributed by atoms with E-state index in [0.29, 0.717) is 6.61 Å². The lowest BCUT2D eigenvalue weighted by Crippen LogP contribution is -2.39. The minimum absolute atomic E-state index is 0.214. The molecule has 0 radical (unpaired) electrons. The first-order valence-electron chi connectivity index (χ1n) is 4.71. The molecule has 2 rings (SSSR count). The second kappa shape index (κ2) is 3.05. The van der Waals surface area contributed by atoms with Crippen molar-refractivity contribution in [3.8, 4) is 0 Å². The first-order valence-corrected chi connectivity index (χ1v) is 4.71. The van der Waals surface area contributed by atoms with Gasteiger partial charge in [0.1, 0.15) is 0 Å². The van der Waals surface area contributed by atoms with Gasteiger partial charge in [0.15, 0.2) is 0 Å². The first kappa shape index (κ1) is 8.05. The van der Waals surface area contributed by atoms with Crippen LogP contribution in [0.3, 0.4) is 0 Å². The molecular weight excluding hydrogens is 154 g/mol. The van der Waals surface area contributed by atoms with E-state index in [0.717, 1.165) is 31.7 Å². The van der Waals surface area contributed by atoms with Crippen LogP contribution in [-0.4, -0.2) is 24.1 Å². The van der Waals surface area contributed by atoms with E-state index in [-0.39, 0.29) is 11.8 Å². The lowest BCUT2D eigenvalue weighted by molar-refractivity contribution is -0.177. The van der Waals surface area contributed by atoms with E-state index < -0.39 is 0 Å². The number of rotatable bonds is 1. The summed E-state index contributed by atoms with van der Waals surface area (Å²) in [7, 11) is 0. The molecule has 0 N–H and O–H groups in total. The maximum Gasteiger partial charge on any atom is 0.249 e. The quantitative estimate of drug-likeness (QED) is 0.590. The largest absolute Gasteiger partial charge is 0.272 e. The zero-order chi connectivity index (χ0) is 8.55. The van der Waals surface area contributed by atoms with Crippen molar-refractivity contribution in [2.75, 3.05) is 13.2 Å². The van der Waals surface area contributed by atoms with E-state index in [2.05, 4.69) is 6.92 Å². The average Bonchev–Trinajstić information content (AvgIpc) is 2.49. The van der Waals surface area contributed by atoms with Gasteiger partial charge in [0.25, 0.3) is 0 Å². The summed E-state index contributed by atoms with van der Waals surface area (Å²) in [6, 6.07) is 0. The summed E-state index contributed by atoms with van der Waals surface area (Å²) in [5, 5.41) is 1.55. The Balaban J connectivity index is 1.83. The average molecular weight is 169 g/mol. The molecule has 1 aliphatic heterocycles. The molecule has 1 heterocycles. The second-order valence-electron chi connectivity index (χ2n) is 3.90. The normalized spacial score (nSPS) is 34.9. The third-order valence-electron chi connectivity index (χ3n) is 2.72. The molecule has 1 amide bonds. The smallest absolute Gasteiger partial charge is 0.249 e. The number of hydroxylamine groups is 2. The molecule has 68 valence electrons. The number of hydrogen-bond donors (Lipinski definition) is 0. The van der Waals surface area contributed by atoms with E-state index in [1.807, 2.05) is 0 Å². The molecule has 1 saturated heterocycles. The molecule has 3 heteroatoms. The molecule has 0 aromatic heterocycles. The van der Waals surface area contributed by atoms with Gasteiger partial charge in [-0.1, -0.05) is 6.92 Å². The highest BCUT2D eigenvalue weighted by molar-refractivity contribution is 5.78. The predicted octanol–water partition coefficient (Wildman–Crippen LogP) is 1.20. The fourth-order valence-electron chi connectivity index (χ4n) is 1.93. The van der Waals surface area contributed by atoms with Crippen molar-refractivity contribution in [2.24, 2.45) is 11.8 Å². The molecule has 1 saturated carbocycles. The minimum atomic E-state index is 0.214. The molecule has 2 aliphatic rings. The van der Waals surface area contributed by atoms with Gasteiger partial charge < -0.3 is 0 Å². The van der Waals surface area contributed by atoms with Crippen LogP contribution < -0.4 is 0 Å². The number of carbonyl (C=O) groups is 1. The van der Waals surface area contributed by atoms with Crippen LogP contribution in [0.25, 0.3) is 0 Å². The molecule has 0 spiro atoms. The fraction of sp³-hybridized carbons (Fsp3) is 0.889. The number of amides is 1. The molecule has 3 nitrogen and oxygen atoms in total. The maximum atomic E-state index is 11.6. The first-order chi connectivity index (χ1) is 5.77. The summed E-state index contributed by atoms with van der Waals surface area (Å²) in [5.74, 6) is 1.21. The molecule has 12 heavy (non-hydrogen) atoms. The van der Waals surface area contributed by atoms with Crippen LogP contribution in [0.15, 0.2) is 0 Å². The Morgan fingerprint density at radius 1 is 1.50 bits per heavy atom. The van der Waals surface area contributed by atoms with Crippen molar-refractivity contribution in [1.29, 1.82) is 0 Å². The van der Waals surface area contributed by atoms with Gasteiger partial charge >= 0.3 is 0 Å². The lowest BCUT2D eigenvalue weighted by Gasteiger charge is -2.33. The summed E-state index contributed by atoms with van der Waals surface area (Å²) in [6.07, 6.45) is 3.10. The van der Waals surface area contributed by atoms with E-state index >= 15 is 0 Å². The van der Waals surface area contributed by atoms with Gasteiger partial charge in [-0.3, -0.25) is 9.63 Å². The van der Waals surface area contributed by atoms with Gasteiger partial charge in [0.05, 0.1) is 13.2 Å². The van der Waals surface area contributed by atoms with Gasteiger partial charge in [-0.05, 0) is 25.2 Å². The van der Waals surface area contributed by atoms with E-state index in [1.54, 1.807) is 5.06 Å². The summed E-state index contributed by atoms with van der Waals surface area (Å²) < 4.78 is 0. The summed E-state index contributed by atoms with van der Waals surface area (Å²) >= 11 is 0. The van der Waals surface area contributed by atoms with Crippen LogP contribution in [0, 0.1) is 11.8 Å². The van der Waals surface area contributed by atoms with Crippen molar-refractivity contribution in [1.82, 2.24) is 5.06 Å². The predicted molar refractivity (Wildman–Crippen MR) is 44.2 cm³/mol. The van der Waals surface area contributed by atoms with Crippen LogP contribution in [-0.2, 0) is 9.63 Å². The Kier molecular flexibility index (Phi) is 2.05. The zero-order valence-corrected chi connectivity index (χ0v) is 7.45. The Morgan fingerprint density at radius 3 is 2.75 bits per heavy atom. The van der Waals surface area contributed by atoms with Gasteiger partial charge in [0, 0.05) is 5.92 Å². The van der Waals surface area contributed by atoms with Crippen LogP contribution in [0.5, 0.6) is 0 Å². The highest BCUT2D eigenvalue weighted by atomic mass is 16.7. The summed E-state index contributed by atoms with van der Waals surface area (Å²) in [4.78, 5) is 16.8. The Labute approximate surface area is 72.6 Å². The number of nitrogens with zero attached hydrogens (tertiary/aromatic N) is 1. The summed E-state index contributed by atoms with van der Waals surface area (Å²) in [5.41, 5.74) is 0. The SMILES string of the molecule is CC1CC(C(=O)N2CCCO2)C1. The van der Waals surface area contributed by atoms with Crippen molar-refractivity contribution in [3.63, 3.8) is 0 Å². The van der Waals surface area contributed by atoms with Crippen LogP contribution >= 0.6 is 0 Å². The third-order valence-corrected chi connectivity index (χ3v) is 2.72. The lowest BCUT2D eigenvalue weighted by atomic mass is 9.75. The zero-order valence-electron chi connectivity index (χ0n) is 7.45. The monoisotopic (exact) mass is 169 g/mol. The van der Waals surface area contributed by atoms with Crippen LogP contribution in [0.1, 0.15) is 26.2 Å². The van der Waals surface area contributed by atoms with Crippen LogP contribution in [0.2, 0.25) is 0 Å². The second-order valence-corrected chi connectivity index (χ2v) is 3.90. The fourth-order valence-corrected chi connectivity index (χ4v) is 1.93. The molecule has 0 aromatic carbocycles. The Morgan fingerprint density at radius 2 is 2.25 bits per heavy atom. The molecule has 2 fully saturated rings. The highest BCUT2D eigenvalue weighted by Gasteiger charge is 2.35. The number of carbonyl (C=O) groups excluding carboxylic acids is 1. The van der Waals surface area contributed by atoms with Crippen LogP contribution in [0.4, 0.5) is 0 Å². The van der Waals surface area contributed by atoms with E-state index in [9.17, 15) is 4.79 Å². The van der Waals surface area contributed by atoms with Crippen molar-refractivity contribution in [3.05, 3.63) is 0 Å². The third kappa shape index (κ3) is 1.33. The maximum absolute atomic E-state index is 11.6. The highest BCUT2D eigenvalue weighted by Crippen LogP contribution is 2.34. The molecule has 0 aromatic rings. The standard InChI is InChI=1S/C9H15NO2/c1-7-5-8(6-7)9(11)10-3-2-4-12-10/h7-8H,2-6H2,1H3. The Hall–Kier alpha value is -0.570. The molecule has 0 unspecified atom stereocenters. The molecule has 0 bridgehead atoms. The van der Waals surface area contributed by atoms with Gasteiger partial charge in [-0.25, -0.2) is 5.06 Å². The van der Waals surface area contributed by atoms with Crippen molar-refractivity contribution >= 4 is 5.91 Å². The minimum Gasteiger partial charge on any atom is -0.272 e. The van der Waals surface area contributed by atoms with Gasteiger partial charge in [0.2, 0.25) is 5.91 Å². The molecule has 0 atom stereocenters. The number of hydrogen-bond acceptors (Lipinski definition) is 2. The van der Waals surface area contributed by atoms with Crippen molar-refractivity contribution in [2.45, 2.75) is 26.2 Å². The topological polar surface area (TPSA) is 29.5 Å². The molecular formula is C9H15NO2. The van der Waals surface area contributed by atoms with E-state index in [4.69, 9.17) is 4.84 Å². The Bertz CT molecular complexity index is 181. The molecule has 1 aliphatic carbocycles. The summed E-state index contributed by atoms with van der Waals surface area (Å²) in [6.45, 7) is 3.70.